The minimum Gasteiger partial charge on any atom is -0.480 e. The maximum atomic E-state index is 12.8. The zero-order valence-electron chi connectivity index (χ0n) is 18.7. The topological polar surface area (TPSA) is 138 Å². The highest BCUT2D eigenvalue weighted by Gasteiger charge is 2.31. The van der Waals surface area contributed by atoms with Gasteiger partial charge in [-0.1, -0.05) is 48.5 Å². The number of nitrogens with zero attached hydrogens (tertiary/aromatic N) is 1. The molecule has 9 nitrogen and oxygen atoms in total. The average molecular weight is 496 g/mol. The van der Waals surface area contributed by atoms with Gasteiger partial charge in [-0.3, -0.25) is 9.78 Å². The number of thiazole rings is 1. The number of fused-ring (bicyclic) bond motifs is 3. The van der Waals surface area contributed by atoms with Gasteiger partial charge < -0.3 is 25.6 Å². The summed E-state index contributed by atoms with van der Waals surface area (Å²) in [6.45, 7) is -0.326. The fourth-order valence-electron chi connectivity index (χ4n) is 4.19. The quantitative estimate of drug-likeness (QED) is 0.339. The molecule has 4 rings (SSSR count). The molecule has 2 amide bonds. The molecular weight excluding hydrogens is 470 g/mol. The van der Waals surface area contributed by atoms with Crippen LogP contribution in [0.1, 0.15) is 28.3 Å². The van der Waals surface area contributed by atoms with Crippen molar-refractivity contribution in [2.24, 2.45) is 0 Å². The molecule has 0 saturated carbocycles. The average Bonchev–Trinajstić information content (AvgIpc) is 3.48. The molecule has 1 aliphatic rings. The van der Waals surface area contributed by atoms with Gasteiger partial charge in [-0.2, -0.15) is 0 Å². The third-order valence-electron chi connectivity index (χ3n) is 5.87. The van der Waals surface area contributed by atoms with Crippen molar-refractivity contribution in [1.29, 1.82) is 0 Å². The third kappa shape index (κ3) is 5.67. The summed E-state index contributed by atoms with van der Waals surface area (Å²) in [4.78, 5) is 41.7. The molecule has 4 N–H and O–H groups in total. The summed E-state index contributed by atoms with van der Waals surface area (Å²) in [6.07, 6.45) is 0.753. The molecule has 10 heteroatoms. The van der Waals surface area contributed by atoms with Crippen LogP contribution in [0.15, 0.2) is 60.2 Å². The van der Waals surface area contributed by atoms with Gasteiger partial charge in [0.25, 0.3) is 0 Å². The number of benzene rings is 2. The highest BCUT2D eigenvalue weighted by molar-refractivity contribution is 7.09. The Morgan fingerprint density at radius 1 is 1.00 bits per heavy atom. The Bertz CT molecular complexity index is 1150. The molecule has 2 atom stereocenters. The van der Waals surface area contributed by atoms with Crippen LogP contribution in [-0.4, -0.2) is 58.5 Å². The lowest BCUT2D eigenvalue weighted by Crippen LogP contribution is -2.52. The molecule has 0 aliphatic heterocycles. The number of aliphatic carboxylic acids is 1. The number of amides is 2. The van der Waals surface area contributed by atoms with Crippen molar-refractivity contribution in [2.75, 3.05) is 13.2 Å². The number of nitrogens with one attached hydrogen (secondary N) is 2. The second kappa shape index (κ2) is 11.1. The number of carboxylic acid groups (broad SMARTS) is 1. The van der Waals surface area contributed by atoms with Crippen molar-refractivity contribution in [2.45, 2.75) is 30.8 Å². The zero-order chi connectivity index (χ0) is 24.8. The maximum absolute atomic E-state index is 12.8. The minimum atomic E-state index is -1.28. The molecule has 0 bridgehead atoms. The molecule has 1 aliphatic carbocycles. The molecule has 182 valence electrons. The first-order valence-corrected chi connectivity index (χ1v) is 12.0. The van der Waals surface area contributed by atoms with Crippen LogP contribution in [0.25, 0.3) is 11.1 Å². The van der Waals surface area contributed by atoms with Crippen LogP contribution in [0.5, 0.6) is 0 Å². The number of carbonyl (C=O) groups excluding carboxylic acids is 2. The van der Waals surface area contributed by atoms with Crippen LogP contribution in [0.3, 0.4) is 0 Å². The highest BCUT2D eigenvalue weighted by Crippen LogP contribution is 2.44. The number of hydrogen-bond donors (Lipinski definition) is 4. The lowest BCUT2D eigenvalue weighted by Gasteiger charge is -2.21. The summed E-state index contributed by atoms with van der Waals surface area (Å²) >= 11 is 1.31. The summed E-state index contributed by atoms with van der Waals surface area (Å²) in [5.74, 6) is -2.10. The van der Waals surface area contributed by atoms with Gasteiger partial charge in [0.15, 0.2) is 0 Å². The second-order valence-corrected chi connectivity index (χ2v) is 9.08. The number of carboxylic acids is 1. The number of alkyl carbamates (subject to hydrolysis) is 1. The molecule has 0 fully saturated rings. The van der Waals surface area contributed by atoms with E-state index in [1.807, 2.05) is 48.5 Å². The lowest BCUT2D eigenvalue weighted by molar-refractivity contribution is -0.142. The van der Waals surface area contributed by atoms with Crippen molar-refractivity contribution in [3.05, 3.63) is 76.2 Å². The Morgan fingerprint density at radius 3 is 2.23 bits per heavy atom. The van der Waals surface area contributed by atoms with Gasteiger partial charge in [0.05, 0.1) is 5.51 Å². The molecule has 2 aromatic carbocycles. The summed E-state index contributed by atoms with van der Waals surface area (Å²) in [6, 6.07) is 13.6. The summed E-state index contributed by atoms with van der Waals surface area (Å²) in [7, 11) is 0. The number of aliphatic hydroxyl groups excluding tert-OH is 1. The molecule has 0 saturated heterocycles. The monoisotopic (exact) mass is 495 g/mol. The standard InChI is InChI=1S/C25H25N3O6S/c29-10-9-21(24(31)32)27-23(30)22(11-15-12-26-14-35-15)28-25(33)34-13-20-18-7-3-1-5-16(18)17-6-2-4-8-19(17)20/h1-8,12,14,20-22,29H,9-11,13H2,(H,27,30)(H,28,33)(H,31,32)/t21-,22?/m1/s1. The van der Waals surface area contributed by atoms with Gasteiger partial charge in [0.1, 0.15) is 18.7 Å². The van der Waals surface area contributed by atoms with E-state index < -0.39 is 36.7 Å². The molecule has 0 spiro atoms. The third-order valence-corrected chi connectivity index (χ3v) is 6.68. The van der Waals surface area contributed by atoms with Crippen molar-refractivity contribution in [3.8, 4) is 11.1 Å². The summed E-state index contributed by atoms with van der Waals surface area (Å²) in [5.41, 5.74) is 5.93. The number of carbonyl (C=O) groups is 3. The van der Waals surface area contributed by atoms with Crippen molar-refractivity contribution < 1.29 is 29.3 Å². The van der Waals surface area contributed by atoms with Gasteiger partial charge in [-0.25, -0.2) is 9.59 Å². The van der Waals surface area contributed by atoms with E-state index in [0.29, 0.717) is 0 Å². The van der Waals surface area contributed by atoms with Gasteiger partial charge in [0.2, 0.25) is 5.91 Å². The summed E-state index contributed by atoms with van der Waals surface area (Å²) < 4.78 is 5.54. The Morgan fingerprint density at radius 2 is 1.66 bits per heavy atom. The fourth-order valence-corrected chi connectivity index (χ4v) is 4.84. The number of rotatable bonds is 10. The van der Waals surface area contributed by atoms with E-state index in [9.17, 15) is 19.5 Å². The van der Waals surface area contributed by atoms with E-state index in [4.69, 9.17) is 9.84 Å². The van der Waals surface area contributed by atoms with E-state index in [2.05, 4.69) is 15.6 Å². The largest absolute Gasteiger partial charge is 0.480 e. The van der Waals surface area contributed by atoms with Gasteiger partial charge >= 0.3 is 12.1 Å². The Balaban J connectivity index is 1.44. The van der Waals surface area contributed by atoms with Crippen LogP contribution < -0.4 is 10.6 Å². The van der Waals surface area contributed by atoms with Crippen LogP contribution in [0.4, 0.5) is 4.79 Å². The van der Waals surface area contributed by atoms with E-state index in [1.54, 1.807) is 11.7 Å². The first-order valence-electron chi connectivity index (χ1n) is 11.1. The molecule has 3 aromatic rings. The van der Waals surface area contributed by atoms with E-state index >= 15 is 0 Å². The fraction of sp³-hybridized carbons (Fsp3) is 0.280. The molecule has 1 unspecified atom stereocenters. The Labute approximate surface area is 205 Å². The molecule has 35 heavy (non-hydrogen) atoms. The maximum Gasteiger partial charge on any atom is 0.407 e. The van der Waals surface area contributed by atoms with Gasteiger partial charge in [-0.05, 0) is 22.3 Å². The van der Waals surface area contributed by atoms with E-state index in [-0.39, 0.29) is 25.4 Å². The Kier molecular flexibility index (Phi) is 7.74. The Hall–Kier alpha value is -3.76. The van der Waals surface area contributed by atoms with Crippen LogP contribution >= 0.6 is 11.3 Å². The smallest absolute Gasteiger partial charge is 0.407 e. The van der Waals surface area contributed by atoms with E-state index in [1.165, 1.54) is 11.3 Å². The first kappa shape index (κ1) is 24.4. The zero-order valence-corrected chi connectivity index (χ0v) is 19.5. The lowest BCUT2D eigenvalue weighted by atomic mass is 9.98. The predicted molar refractivity (Wildman–Crippen MR) is 129 cm³/mol. The predicted octanol–water partition coefficient (Wildman–Crippen LogP) is 2.54. The molecule has 0 radical (unpaired) electrons. The second-order valence-electron chi connectivity index (χ2n) is 8.11. The van der Waals surface area contributed by atoms with Gasteiger partial charge in [-0.15, -0.1) is 11.3 Å². The van der Waals surface area contributed by atoms with Crippen molar-refractivity contribution in [1.82, 2.24) is 15.6 Å². The number of aromatic nitrogens is 1. The molecule has 1 heterocycles. The molecular formula is C25H25N3O6S. The number of ether oxygens (including phenoxy) is 1. The normalized spacial score (nSPS) is 13.9. The number of hydrogen-bond acceptors (Lipinski definition) is 7. The molecule has 1 aromatic heterocycles. The highest BCUT2D eigenvalue weighted by atomic mass is 32.1. The minimum absolute atomic E-state index is 0.0804. The van der Waals surface area contributed by atoms with Crippen molar-refractivity contribution in [3.63, 3.8) is 0 Å². The van der Waals surface area contributed by atoms with Crippen LogP contribution in [0.2, 0.25) is 0 Å². The van der Waals surface area contributed by atoms with E-state index in [0.717, 1.165) is 27.1 Å². The summed E-state index contributed by atoms with van der Waals surface area (Å²) in [5, 5.41) is 23.3. The van der Waals surface area contributed by atoms with Crippen LogP contribution in [-0.2, 0) is 20.7 Å². The first-order chi connectivity index (χ1) is 17.0. The number of aliphatic hydroxyl groups is 1. The SMILES string of the molecule is O=C(NC(Cc1cncs1)C(=O)N[C@H](CCO)C(=O)O)OCC1c2ccccc2-c2ccccc21. The van der Waals surface area contributed by atoms with Gasteiger partial charge in [0, 0.05) is 36.4 Å². The van der Waals surface area contributed by atoms with Crippen molar-refractivity contribution >= 4 is 29.3 Å². The van der Waals surface area contributed by atoms with Crippen LogP contribution in [0, 0.1) is 0 Å².